The fourth-order valence-corrected chi connectivity index (χ4v) is 1.44. The number of hydrogen-bond acceptors (Lipinski definition) is 5. The van der Waals surface area contributed by atoms with Crippen molar-refractivity contribution in [3.8, 4) is 5.75 Å². The first-order chi connectivity index (χ1) is 8.65. The van der Waals surface area contributed by atoms with Gasteiger partial charge in [0.2, 0.25) is 5.89 Å². The van der Waals surface area contributed by atoms with E-state index in [-0.39, 0.29) is 11.7 Å². The van der Waals surface area contributed by atoms with Gasteiger partial charge in [0, 0.05) is 18.5 Å². The fraction of sp³-hybridized carbons (Fsp3) is 0.250. The lowest BCUT2D eigenvalue weighted by Crippen LogP contribution is -2.25. The Bertz CT molecular complexity index is 534. The number of aromatic hydroxyl groups is 1. The standard InChI is InChI=1S/C12H13N3O3/c1-8-14-11(18-15-8)6-7-13-12(17)9-2-4-10(16)5-3-9/h2-5,16H,6-7H2,1H3,(H,13,17). The molecule has 0 aliphatic carbocycles. The van der Waals surface area contributed by atoms with Crippen LogP contribution in [0.3, 0.4) is 0 Å². The maximum Gasteiger partial charge on any atom is 0.251 e. The van der Waals surface area contributed by atoms with Crippen LogP contribution in [0.5, 0.6) is 5.75 Å². The van der Waals surface area contributed by atoms with Crippen LogP contribution in [-0.2, 0) is 6.42 Å². The summed E-state index contributed by atoms with van der Waals surface area (Å²) in [5.41, 5.74) is 0.495. The van der Waals surface area contributed by atoms with E-state index in [4.69, 9.17) is 9.63 Å². The molecule has 0 saturated carbocycles. The molecule has 2 aromatic rings. The Balaban J connectivity index is 1.83. The Morgan fingerprint density at radius 1 is 1.39 bits per heavy atom. The minimum atomic E-state index is -0.203. The number of aryl methyl sites for hydroxylation is 1. The van der Waals surface area contributed by atoms with Gasteiger partial charge in [-0.3, -0.25) is 4.79 Å². The molecule has 94 valence electrons. The van der Waals surface area contributed by atoms with E-state index in [1.54, 1.807) is 19.1 Å². The third-order valence-electron chi connectivity index (χ3n) is 2.32. The highest BCUT2D eigenvalue weighted by Crippen LogP contribution is 2.09. The van der Waals surface area contributed by atoms with E-state index in [0.29, 0.717) is 30.2 Å². The number of carbonyl (C=O) groups is 1. The topological polar surface area (TPSA) is 88.2 Å². The molecule has 1 amide bonds. The number of aromatic nitrogens is 2. The molecule has 1 aromatic heterocycles. The molecule has 0 unspecified atom stereocenters. The quantitative estimate of drug-likeness (QED) is 0.843. The number of amides is 1. The highest BCUT2D eigenvalue weighted by atomic mass is 16.5. The van der Waals surface area contributed by atoms with Crippen molar-refractivity contribution < 1.29 is 14.4 Å². The first kappa shape index (κ1) is 12.1. The molecule has 0 fully saturated rings. The smallest absolute Gasteiger partial charge is 0.251 e. The van der Waals surface area contributed by atoms with Gasteiger partial charge in [-0.1, -0.05) is 5.16 Å². The maximum atomic E-state index is 11.7. The van der Waals surface area contributed by atoms with Crippen molar-refractivity contribution in [3.05, 3.63) is 41.5 Å². The van der Waals surface area contributed by atoms with E-state index in [9.17, 15) is 4.79 Å². The molecule has 6 nitrogen and oxygen atoms in total. The van der Waals surface area contributed by atoms with Gasteiger partial charge >= 0.3 is 0 Å². The summed E-state index contributed by atoms with van der Waals surface area (Å²) in [7, 11) is 0. The maximum absolute atomic E-state index is 11.7. The Labute approximate surface area is 104 Å². The van der Waals surface area contributed by atoms with Gasteiger partial charge in [0.05, 0.1) is 0 Å². The van der Waals surface area contributed by atoms with Crippen molar-refractivity contribution in [1.29, 1.82) is 0 Å². The minimum Gasteiger partial charge on any atom is -0.508 e. The molecule has 0 spiro atoms. The summed E-state index contributed by atoms with van der Waals surface area (Å²) in [6.07, 6.45) is 0.491. The molecule has 0 aliphatic rings. The SMILES string of the molecule is Cc1noc(CCNC(=O)c2ccc(O)cc2)n1. The zero-order valence-corrected chi connectivity index (χ0v) is 9.88. The molecule has 0 aliphatic heterocycles. The van der Waals surface area contributed by atoms with E-state index < -0.39 is 0 Å². The van der Waals surface area contributed by atoms with Crippen molar-refractivity contribution in [1.82, 2.24) is 15.5 Å². The summed E-state index contributed by atoms with van der Waals surface area (Å²) in [5, 5.41) is 15.5. The zero-order valence-electron chi connectivity index (χ0n) is 9.88. The van der Waals surface area contributed by atoms with Crippen LogP contribution in [0.15, 0.2) is 28.8 Å². The third-order valence-corrected chi connectivity index (χ3v) is 2.32. The Kier molecular flexibility index (Phi) is 3.57. The normalized spacial score (nSPS) is 10.3. The molecule has 1 heterocycles. The first-order valence-corrected chi connectivity index (χ1v) is 5.51. The second-order valence-corrected chi connectivity index (χ2v) is 3.79. The molecular formula is C12H13N3O3. The molecular weight excluding hydrogens is 234 g/mol. The molecule has 1 aromatic carbocycles. The average molecular weight is 247 g/mol. The average Bonchev–Trinajstić information content (AvgIpc) is 2.76. The van der Waals surface area contributed by atoms with Gasteiger partial charge < -0.3 is 14.9 Å². The molecule has 0 bridgehead atoms. The summed E-state index contributed by atoms with van der Waals surface area (Å²) in [4.78, 5) is 15.7. The molecule has 18 heavy (non-hydrogen) atoms. The van der Waals surface area contributed by atoms with Crippen LogP contribution in [0.25, 0.3) is 0 Å². The fourth-order valence-electron chi connectivity index (χ4n) is 1.44. The third kappa shape index (κ3) is 3.07. The second kappa shape index (κ2) is 5.31. The predicted octanol–water partition coefficient (Wildman–Crippen LogP) is 1.06. The van der Waals surface area contributed by atoms with Crippen LogP contribution in [0.4, 0.5) is 0 Å². The predicted molar refractivity (Wildman–Crippen MR) is 63.2 cm³/mol. The number of hydrogen-bond donors (Lipinski definition) is 2. The van der Waals surface area contributed by atoms with Crippen LogP contribution < -0.4 is 5.32 Å². The van der Waals surface area contributed by atoms with Crippen molar-refractivity contribution in [3.63, 3.8) is 0 Å². The minimum absolute atomic E-state index is 0.132. The Morgan fingerprint density at radius 2 is 2.11 bits per heavy atom. The van der Waals surface area contributed by atoms with Crippen LogP contribution in [0.1, 0.15) is 22.1 Å². The first-order valence-electron chi connectivity index (χ1n) is 5.51. The van der Waals surface area contributed by atoms with Gasteiger partial charge in [0.25, 0.3) is 5.91 Å². The molecule has 2 rings (SSSR count). The summed E-state index contributed by atoms with van der Waals surface area (Å²) in [6.45, 7) is 2.16. The Hall–Kier alpha value is -2.37. The van der Waals surface area contributed by atoms with Crippen LogP contribution >= 0.6 is 0 Å². The van der Waals surface area contributed by atoms with Crippen LogP contribution in [0, 0.1) is 6.92 Å². The molecule has 0 atom stereocenters. The highest BCUT2D eigenvalue weighted by molar-refractivity contribution is 5.94. The van der Waals surface area contributed by atoms with Crippen LogP contribution in [0.2, 0.25) is 0 Å². The van der Waals surface area contributed by atoms with Crippen molar-refractivity contribution in [2.24, 2.45) is 0 Å². The second-order valence-electron chi connectivity index (χ2n) is 3.79. The van der Waals surface area contributed by atoms with Gasteiger partial charge in [0.1, 0.15) is 5.75 Å². The number of phenolic OH excluding ortho intramolecular Hbond substituents is 1. The van der Waals surface area contributed by atoms with Gasteiger partial charge in [-0.2, -0.15) is 4.98 Å². The number of benzene rings is 1. The largest absolute Gasteiger partial charge is 0.508 e. The number of nitrogens with one attached hydrogen (secondary N) is 1. The van der Waals surface area contributed by atoms with Crippen molar-refractivity contribution >= 4 is 5.91 Å². The zero-order chi connectivity index (χ0) is 13.0. The number of phenols is 1. The highest BCUT2D eigenvalue weighted by Gasteiger charge is 2.06. The van der Waals surface area contributed by atoms with Crippen molar-refractivity contribution in [2.75, 3.05) is 6.54 Å². The number of rotatable bonds is 4. The van der Waals surface area contributed by atoms with E-state index in [2.05, 4.69) is 15.5 Å². The molecule has 0 radical (unpaired) electrons. The number of carbonyl (C=O) groups excluding carboxylic acids is 1. The van der Waals surface area contributed by atoms with Gasteiger partial charge in [-0.05, 0) is 31.2 Å². The van der Waals surface area contributed by atoms with E-state index in [0.717, 1.165) is 0 Å². The van der Waals surface area contributed by atoms with E-state index in [1.807, 2.05) is 0 Å². The lowest BCUT2D eigenvalue weighted by molar-refractivity contribution is 0.0953. The lowest BCUT2D eigenvalue weighted by Gasteiger charge is -2.03. The van der Waals surface area contributed by atoms with Gasteiger partial charge in [-0.15, -0.1) is 0 Å². The summed E-state index contributed by atoms with van der Waals surface area (Å²) in [6, 6.07) is 6.05. The molecule has 0 saturated heterocycles. The van der Waals surface area contributed by atoms with Crippen LogP contribution in [-0.4, -0.2) is 27.7 Å². The molecule has 2 N–H and O–H groups in total. The summed E-state index contributed by atoms with van der Waals surface area (Å²) < 4.78 is 4.92. The van der Waals surface area contributed by atoms with E-state index in [1.165, 1.54) is 12.1 Å². The van der Waals surface area contributed by atoms with Crippen molar-refractivity contribution in [2.45, 2.75) is 13.3 Å². The lowest BCUT2D eigenvalue weighted by atomic mass is 10.2. The summed E-state index contributed by atoms with van der Waals surface area (Å²) in [5.74, 6) is 1.01. The Morgan fingerprint density at radius 3 is 2.72 bits per heavy atom. The van der Waals surface area contributed by atoms with Gasteiger partial charge in [0.15, 0.2) is 5.82 Å². The van der Waals surface area contributed by atoms with E-state index >= 15 is 0 Å². The van der Waals surface area contributed by atoms with Gasteiger partial charge in [-0.25, -0.2) is 0 Å². The number of nitrogens with zero attached hydrogens (tertiary/aromatic N) is 2. The molecule has 6 heteroatoms. The summed E-state index contributed by atoms with van der Waals surface area (Å²) >= 11 is 0. The monoisotopic (exact) mass is 247 g/mol.